The summed E-state index contributed by atoms with van der Waals surface area (Å²) >= 11 is 0. The summed E-state index contributed by atoms with van der Waals surface area (Å²) in [6, 6.07) is 5.97. The molecular formula is C21H25N3O4. The smallest absolute Gasteiger partial charge is 0.254 e. The van der Waals surface area contributed by atoms with Crippen molar-refractivity contribution in [2.75, 3.05) is 19.8 Å². The first-order valence-electron chi connectivity index (χ1n) is 9.78. The normalized spacial score (nSPS) is 18.4. The average molecular weight is 383 g/mol. The minimum Gasteiger partial charge on any atom is -0.486 e. The third-order valence-electron chi connectivity index (χ3n) is 5.45. The van der Waals surface area contributed by atoms with Crippen LogP contribution in [0.1, 0.15) is 47.9 Å². The Labute approximate surface area is 163 Å². The fourth-order valence-electron chi connectivity index (χ4n) is 4.10. The molecular weight excluding hydrogens is 358 g/mol. The maximum Gasteiger partial charge on any atom is 0.254 e. The van der Waals surface area contributed by atoms with E-state index in [0.717, 1.165) is 36.4 Å². The second-order valence-corrected chi connectivity index (χ2v) is 7.36. The number of aryl methyl sites for hydroxylation is 2. The highest BCUT2D eigenvalue weighted by molar-refractivity contribution is 5.77. The van der Waals surface area contributed by atoms with Crippen molar-refractivity contribution in [2.24, 2.45) is 0 Å². The van der Waals surface area contributed by atoms with Gasteiger partial charge in [0.25, 0.3) is 5.56 Å². The highest BCUT2D eigenvalue weighted by Gasteiger charge is 2.30. The molecule has 3 heterocycles. The van der Waals surface area contributed by atoms with Crippen LogP contribution in [0.15, 0.2) is 23.0 Å². The summed E-state index contributed by atoms with van der Waals surface area (Å²) in [6.07, 6.45) is 2.60. The van der Waals surface area contributed by atoms with Crippen LogP contribution in [0.2, 0.25) is 0 Å². The number of fused-ring (bicyclic) bond motifs is 1. The van der Waals surface area contributed by atoms with E-state index in [-0.39, 0.29) is 17.5 Å². The van der Waals surface area contributed by atoms with Crippen LogP contribution in [0.3, 0.4) is 0 Å². The summed E-state index contributed by atoms with van der Waals surface area (Å²) in [5.41, 5.74) is 2.21. The summed E-state index contributed by atoms with van der Waals surface area (Å²) in [6.45, 7) is 5.41. The quantitative estimate of drug-likeness (QED) is 0.877. The highest BCUT2D eigenvalue weighted by Crippen LogP contribution is 2.38. The number of amides is 1. The first-order valence-corrected chi connectivity index (χ1v) is 9.78. The number of carbonyl (C=O) groups is 1. The van der Waals surface area contributed by atoms with Gasteiger partial charge in [-0.1, -0.05) is 6.07 Å². The molecule has 1 N–H and O–H groups in total. The van der Waals surface area contributed by atoms with E-state index in [0.29, 0.717) is 43.1 Å². The maximum atomic E-state index is 12.9. The predicted molar refractivity (Wildman–Crippen MR) is 104 cm³/mol. The van der Waals surface area contributed by atoms with Crippen molar-refractivity contribution in [2.45, 2.75) is 45.6 Å². The molecule has 7 nitrogen and oxygen atoms in total. The second-order valence-electron chi connectivity index (χ2n) is 7.36. The lowest BCUT2D eigenvalue weighted by atomic mass is 10.0. The molecule has 1 aromatic heterocycles. The van der Waals surface area contributed by atoms with Crippen molar-refractivity contribution >= 4 is 5.91 Å². The Morgan fingerprint density at radius 2 is 2.04 bits per heavy atom. The molecule has 1 atom stereocenters. The Bertz CT molecular complexity index is 953. The Morgan fingerprint density at radius 1 is 1.25 bits per heavy atom. The van der Waals surface area contributed by atoms with Gasteiger partial charge in [0.05, 0.1) is 6.04 Å². The summed E-state index contributed by atoms with van der Waals surface area (Å²) in [5.74, 6) is 2.16. The fourth-order valence-corrected chi connectivity index (χ4v) is 4.10. The Balaban J connectivity index is 1.48. The summed E-state index contributed by atoms with van der Waals surface area (Å²) in [4.78, 5) is 34.0. The number of H-pyrrole nitrogens is 1. The maximum absolute atomic E-state index is 12.9. The Morgan fingerprint density at radius 3 is 2.82 bits per heavy atom. The zero-order valence-corrected chi connectivity index (χ0v) is 16.3. The lowest BCUT2D eigenvalue weighted by Gasteiger charge is -2.27. The van der Waals surface area contributed by atoms with E-state index in [4.69, 9.17) is 9.47 Å². The zero-order chi connectivity index (χ0) is 19.7. The van der Waals surface area contributed by atoms with E-state index in [1.54, 1.807) is 6.92 Å². The molecule has 1 aromatic carbocycles. The SMILES string of the molecule is Cc1nc(C)c(CCC(=O)N2CCC[C@H]2c2ccc3c(c2)OCCO3)c(=O)[nH]1. The number of aromatic nitrogens is 2. The molecule has 1 amide bonds. The van der Waals surface area contributed by atoms with E-state index in [1.807, 2.05) is 30.0 Å². The lowest BCUT2D eigenvalue weighted by Crippen LogP contribution is -2.31. The van der Waals surface area contributed by atoms with Gasteiger partial charge in [-0.3, -0.25) is 9.59 Å². The van der Waals surface area contributed by atoms with Gasteiger partial charge in [-0.05, 0) is 50.8 Å². The molecule has 0 spiro atoms. The number of rotatable bonds is 4. The number of hydrogen-bond acceptors (Lipinski definition) is 5. The monoisotopic (exact) mass is 383 g/mol. The van der Waals surface area contributed by atoms with Crippen molar-refractivity contribution < 1.29 is 14.3 Å². The minimum absolute atomic E-state index is 0.0406. The molecule has 4 rings (SSSR count). The van der Waals surface area contributed by atoms with Crippen LogP contribution < -0.4 is 15.0 Å². The molecule has 2 aliphatic heterocycles. The fraction of sp³-hybridized carbons (Fsp3) is 0.476. The predicted octanol–water partition coefficient (Wildman–Crippen LogP) is 2.45. The van der Waals surface area contributed by atoms with Gasteiger partial charge in [0, 0.05) is 24.2 Å². The zero-order valence-electron chi connectivity index (χ0n) is 16.3. The van der Waals surface area contributed by atoms with Crippen LogP contribution in [0, 0.1) is 13.8 Å². The van der Waals surface area contributed by atoms with Crippen molar-refractivity contribution in [1.82, 2.24) is 14.9 Å². The molecule has 2 aliphatic rings. The molecule has 0 saturated carbocycles. The van der Waals surface area contributed by atoms with Crippen LogP contribution in [-0.2, 0) is 11.2 Å². The number of benzene rings is 1. The third-order valence-corrected chi connectivity index (χ3v) is 5.45. The van der Waals surface area contributed by atoms with Crippen LogP contribution in [0.25, 0.3) is 0 Å². The van der Waals surface area contributed by atoms with E-state index < -0.39 is 0 Å². The molecule has 148 valence electrons. The first-order chi connectivity index (χ1) is 13.5. The van der Waals surface area contributed by atoms with E-state index >= 15 is 0 Å². The second kappa shape index (κ2) is 7.66. The molecule has 7 heteroatoms. The first kappa shape index (κ1) is 18.5. The largest absolute Gasteiger partial charge is 0.486 e. The van der Waals surface area contributed by atoms with Gasteiger partial charge < -0.3 is 19.4 Å². The summed E-state index contributed by atoms with van der Waals surface area (Å²) in [7, 11) is 0. The van der Waals surface area contributed by atoms with Gasteiger partial charge in [-0.2, -0.15) is 0 Å². The molecule has 28 heavy (non-hydrogen) atoms. The molecule has 1 fully saturated rings. The topological polar surface area (TPSA) is 84.5 Å². The van der Waals surface area contributed by atoms with Crippen molar-refractivity contribution in [3.05, 3.63) is 51.2 Å². The van der Waals surface area contributed by atoms with Crippen LogP contribution >= 0.6 is 0 Å². The molecule has 0 bridgehead atoms. The number of ether oxygens (including phenoxy) is 2. The number of hydrogen-bond donors (Lipinski definition) is 1. The number of nitrogens with one attached hydrogen (secondary N) is 1. The number of likely N-dealkylation sites (tertiary alicyclic amines) is 1. The van der Waals surface area contributed by atoms with Crippen LogP contribution in [-0.4, -0.2) is 40.5 Å². The van der Waals surface area contributed by atoms with E-state index in [9.17, 15) is 9.59 Å². The Kier molecular flexibility index (Phi) is 5.07. The molecule has 0 unspecified atom stereocenters. The van der Waals surface area contributed by atoms with E-state index in [2.05, 4.69) is 9.97 Å². The van der Waals surface area contributed by atoms with Crippen molar-refractivity contribution in [3.63, 3.8) is 0 Å². The van der Waals surface area contributed by atoms with Crippen LogP contribution in [0.5, 0.6) is 11.5 Å². The third kappa shape index (κ3) is 3.61. The van der Waals surface area contributed by atoms with Crippen molar-refractivity contribution in [1.29, 1.82) is 0 Å². The summed E-state index contributed by atoms with van der Waals surface area (Å²) < 4.78 is 11.3. The van der Waals surface area contributed by atoms with E-state index in [1.165, 1.54) is 0 Å². The van der Waals surface area contributed by atoms with Crippen LogP contribution in [0.4, 0.5) is 0 Å². The van der Waals surface area contributed by atoms with Gasteiger partial charge >= 0.3 is 0 Å². The molecule has 2 aromatic rings. The summed E-state index contributed by atoms with van der Waals surface area (Å²) in [5, 5.41) is 0. The standard InChI is InChI=1S/C21H25N3O4/c1-13-16(21(26)23-14(2)22-13)6-8-20(25)24-9-3-4-17(24)15-5-7-18-19(12-15)28-11-10-27-18/h5,7,12,17H,3-4,6,8-11H2,1-2H3,(H,22,23,26)/t17-/m0/s1. The molecule has 0 radical (unpaired) electrons. The van der Waals surface area contributed by atoms with Gasteiger partial charge in [-0.15, -0.1) is 0 Å². The number of nitrogens with zero attached hydrogens (tertiary/aromatic N) is 2. The van der Waals surface area contributed by atoms with Gasteiger partial charge in [0.15, 0.2) is 11.5 Å². The number of aromatic amines is 1. The lowest BCUT2D eigenvalue weighted by molar-refractivity contribution is -0.132. The molecule has 0 aliphatic carbocycles. The molecule has 1 saturated heterocycles. The number of carbonyl (C=O) groups excluding carboxylic acids is 1. The van der Waals surface area contributed by atoms with Crippen molar-refractivity contribution in [3.8, 4) is 11.5 Å². The van der Waals surface area contributed by atoms with Gasteiger partial charge in [0.1, 0.15) is 19.0 Å². The average Bonchev–Trinajstić information content (AvgIpc) is 3.16. The minimum atomic E-state index is -0.150. The highest BCUT2D eigenvalue weighted by atomic mass is 16.6. The Hall–Kier alpha value is -2.83. The van der Waals surface area contributed by atoms with Gasteiger partial charge in [0.2, 0.25) is 5.91 Å². The van der Waals surface area contributed by atoms with Gasteiger partial charge in [-0.25, -0.2) is 4.98 Å².